The second kappa shape index (κ2) is 6.49. The molecule has 1 saturated carbocycles. The van der Waals surface area contributed by atoms with Gasteiger partial charge in [-0.15, -0.1) is 0 Å². The third-order valence-electron chi connectivity index (χ3n) is 4.64. The fourth-order valence-corrected chi connectivity index (χ4v) is 3.48. The predicted octanol–water partition coefficient (Wildman–Crippen LogP) is 3.52. The Morgan fingerprint density at radius 1 is 1.15 bits per heavy atom. The van der Waals surface area contributed by atoms with Crippen molar-refractivity contribution >= 4 is 0 Å². The number of para-hydroxylation sites is 1. The van der Waals surface area contributed by atoms with Crippen LogP contribution in [0.25, 0.3) is 0 Å². The Morgan fingerprint density at radius 2 is 2.00 bits per heavy atom. The van der Waals surface area contributed by atoms with E-state index in [9.17, 15) is 0 Å². The first-order valence-electron chi connectivity index (χ1n) is 7.99. The molecule has 0 bridgehead atoms. The molecule has 1 heterocycles. The lowest BCUT2D eigenvalue weighted by Crippen LogP contribution is -2.38. The number of nitrogens with one attached hydrogen (secondary N) is 1. The molecule has 20 heavy (non-hydrogen) atoms. The van der Waals surface area contributed by atoms with Gasteiger partial charge in [-0.25, -0.2) is 0 Å². The number of fused-ring (bicyclic) bond motifs is 1. The lowest BCUT2D eigenvalue weighted by atomic mass is 9.83. The Balaban J connectivity index is 1.66. The highest BCUT2D eigenvalue weighted by molar-refractivity contribution is 5.47. The zero-order chi connectivity index (χ0) is 13.8. The van der Waals surface area contributed by atoms with Gasteiger partial charge < -0.3 is 14.8 Å². The average Bonchev–Trinajstić information content (AvgIpc) is 2.53. The van der Waals surface area contributed by atoms with Crippen LogP contribution in [0.5, 0.6) is 11.5 Å². The van der Waals surface area contributed by atoms with Gasteiger partial charge in [0.15, 0.2) is 11.5 Å². The van der Waals surface area contributed by atoms with Crippen molar-refractivity contribution in [3.8, 4) is 11.5 Å². The Kier molecular flexibility index (Phi) is 4.46. The highest BCUT2D eigenvalue weighted by atomic mass is 16.6. The van der Waals surface area contributed by atoms with Gasteiger partial charge in [0.2, 0.25) is 0 Å². The van der Waals surface area contributed by atoms with Crippen LogP contribution in [-0.4, -0.2) is 19.3 Å². The van der Waals surface area contributed by atoms with E-state index in [-0.39, 0.29) is 0 Å². The van der Waals surface area contributed by atoms with Crippen LogP contribution in [0.2, 0.25) is 0 Å². The summed E-state index contributed by atoms with van der Waals surface area (Å²) in [5, 5.41) is 3.75. The molecule has 2 unspecified atom stereocenters. The number of hydrogen-bond donors (Lipinski definition) is 1. The smallest absolute Gasteiger partial charge is 0.165 e. The number of ether oxygens (including phenoxy) is 2. The van der Waals surface area contributed by atoms with E-state index in [0.717, 1.165) is 24.0 Å². The van der Waals surface area contributed by atoms with Crippen LogP contribution in [0.15, 0.2) is 18.2 Å². The van der Waals surface area contributed by atoms with Gasteiger partial charge in [-0.1, -0.05) is 38.3 Å². The van der Waals surface area contributed by atoms with Crippen molar-refractivity contribution < 1.29 is 9.47 Å². The Morgan fingerprint density at radius 3 is 2.90 bits per heavy atom. The molecular weight excluding hydrogens is 250 g/mol. The van der Waals surface area contributed by atoms with Crippen molar-refractivity contribution in [1.82, 2.24) is 5.32 Å². The second-order valence-electron chi connectivity index (χ2n) is 5.88. The molecule has 3 rings (SSSR count). The predicted molar refractivity (Wildman–Crippen MR) is 80.3 cm³/mol. The molecule has 1 N–H and O–H groups in total. The molecule has 0 radical (unpaired) electrons. The fraction of sp³-hybridized carbons (Fsp3) is 0.647. The topological polar surface area (TPSA) is 30.5 Å². The van der Waals surface area contributed by atoms with Gasteiger partial charge in [0.25, 0.3) is 0 Å². The van der Waals surface area contributed by atoms with Crippen molar-refractivity contribution in [1.29, 1.82) is 0 Å². The summed E-state index contributed by atoms with van der Waals surface area (Å²) in [6.07, 6.45) is 6.73. The van der Waals surface area contributed by atoms with E-state index >= 15 is 0 Å². The number of hydrogen-bond acceptors (Lipinski definition) is 3. The first-order chi connectivity index (χ1) is 9.88. The maximum Gasteiger partial charge on any atom is 0.165 e. The van der Waals surface area contributed by atoms with E-state index in [2.05, 4.69) is 24.4 Å². The van der Waals surface area contributed by atoms with Gasteiger partial charge >= 0.3 is 0 Å². The molecule has 0 aromatic heterocycles. The van der Waals surface area contributed by atoms with Crippen LogP contribution in [0, 0.1) is 5.92 Å². The van der Waals surface area contributed by atoms with Crippen molar-refractivity contribution in [3.05, 3.63) is 23.8 Å². The molecule has 2 atom stereocenters. The van der Waals surface area contributed by atoms with E-state index in [1.165, 1.54) is 37.7 Å². The first-order valence-corrected chi connectivity index (χ1v) is 7.99. The quantitative estimate of drug-likeness (QED) is 0.912. The minimum Gasteiger partial charge on any atom is -0.486 e. The van der Waals surface area contributed by atoms with Crippen molar-refractivity contribution in [3.63, 3.8) is 0 Å². The minimum absolute atomic E-state index is 0.657. The Bertz CT molecular complexity index is 447. The summed E-state index contributed by atoms with van der Waals surface area (Å²) < 4.78 is 11.4. The molecule has 0 spiro atoms. The molecule has 1 aliphatic heterocycles. The van der Waals surface area contributed by atoms with E-state index in [1.807, 2.05) is 6.07 Å². The summed E-state index contributed by atoms with van der Waals surface area (Å²) in [6, 6.07) is 6.86. The standard InChI is InChI=1S/C17H25NO2/c1-2-13-6-3-4-8-15(13)18-12-14-7-5-9-16-17(14)20-11-10-19-16/h5,7,9,13,15,18H,2-4,6,8,10-12H2,1H3. The van der Waals surface area contributed by atoms with Gasteiger partial charge in [-0.05, 0) is 24.8 Å². The van der Waals surface area contributed by atoms with Crippen LogP contribution < -0.4 is 14.8 Å². The summed E-state index contributed by atoms with van der Waals surface area (Å²) in [7, 11) is 0. The number of benzene rings is 1. The summed E-state index contributed by atoms with van der Waals surface area (Å²) >= 11 is 0. The molecule has 3 heteroatoms. The zero-order valence-electron chi connectivity index (χ0n) is 12.4. The van der Waals surface area contributed by atoms with E-state index in [1.54, 1.807) is 0 Å². The van der Waals surface area contributed by atoms with Gasteiger partial charge in [-0.2, -0.15) is 0 Å². The van der Waals surface area contributed by atoms with E-state index in [4.69, 9.17) is 9.47 Å². The Hall–Kier alpha value is -1.22. The van der Waals surface area contributed by atoms with Crippen LogP contribution in [0.4, 0.5) is 0 Å². The van der Waals surface area contributed by atoms with Gasteiger partial charge in [-0.3, -0.25) is 0 Å². The SMILES string of the molecule is CCC1CCCCC1NCc1cccc2c1OCCO2. The normalized spacial score (nSPS) is 25.4. The molecular formula is C17H25NO2. The lowest BCUT2D eigenvalue weighted by molar-refractivity contribution is 0.169. The minimum atomic E-state index is 0.657. The summed E-state index contributed by atoms with van der Waals surface area (Å²) in [5.74, 6) is 2.67. The van der Waals surface area contributed by atoms with Crippen LogP contribution in [-0.2, 0) is 6.54 Å². The van der Waals surface area contributed by atoms with Gasteiger partial charge in [0.05, 0.1) is 0 Å². The highest BCUT2D eigenvalue weighted by Crippen LogP contribution is 2.34. The van der Waals surface area contributed by atoms with Gasteiger partial charge in [0.1, 0.15) is 13.2 Å². The molecule has 1 aromatic rings. The molecule has 0 saturated heterocycles. The molecule has 0 amide bonds. The Labute approximate surface area is 121 Å². The van der Waals surface area contributed by atoms with Crippen molar-refractivity contribution in [2.24, 2.45) is 5.92 Å². The summed E-state index contributed by atoms with van der Waals surface area (Å²) in [4.78, 5) is 0. The van der Waals surface area contributed by atoms with E-state index in [0.29, 0.717) is 19.3 Å². The maximum absolute atomic E-state index is 5.78. The van der Waals surface area contributed by atoms with Crippen LogP contribution in [0.3, 0.4) is 0 Å². The third-order valence-corrected chi connectivity index (χ3v) is 4.64. The highest BCUT2D eigenvalue weighted by Gasteiger charge is 2.24. The fourth-order valence-electron chi connectivity index (χ4n) is 3.48. The molecule has 1 fully saturated rings. The second-order valence-corrected chi connectivity index (χ2v) is 5.88. The van der Waals surface area contributed by atoms with Crippen molar-refractivity contribution in [2.45, 2.75) is 51.6 Å². The van der Waals surface area contributed by atoms with E-state index < -0.39 is 0 Å². The molecule has 1 aliphatic carbocycles. The molecule has 110 valence electrons. The van der Waals surface area contributed by atoms with Gasteiger partial charge in [0, 0.05) is 18.2 Å². The molecule has 2 aliphatic rings. The summed E-state index contributed by atoms with van der Waals surface area (Å²) in [6.45, 7) is 4.51. The molecule has 1 aromatic carbocycles. The molecule has 3 nitrogen and oxygen atoms in total. The maximum atomic E-state index is 5.78. The number of rotatable bonds is 4. The van der Waals surface area contributed by atoms with Crippen molar-refractivity contribution in [2.75, 3.05) is 13.2 Å². The average molecular weight is 275 g/mol. The lowest BCUT2D eigenvalue weighted by Gasteiger charge is -2.32. The van der Waals surface area contributed by atoms with Crippen LogP contribution >= 0.6 is 0 Å². The van der Waals surface area contributed by atoms with Crippen LogP contribution in [0.1, 0.15) is 44.6 Å². The zero-order valence-corrected chi connectivity index (χ0v) is 12.4. The first kappa shape index (κ1) is 13.7. The summed E-state index contributed by atoms with van der Waals surface area (Å²) in [5.41, 5.74) is 1.22. The largest absolute Gasteiger partial charge is 0.486 e. The monoisotopic (exact) mass is 275 g/mol. The third kappa shape index (κ3) is 2.93.